The summed E-state index contributed by atoms with van der Waals surface area (Å²) in [4.78, 5) is 12.2. The van der Waals surface area contributed by atoms with Crippen LogP contribution in [0.2, 0.25) is 0 Å². The van der Waals surface area contributed by atoms with Gasteiger partial charge in [0.05, 0.1) is 5.56 Å². The van der Waals surface area contributed by atoms with Gasteiger partial charge in [0.25, 0.3) is 5.91 Å². The minimum atomic E-state index is -0.0923. The minimum absolute atomic E-state index is 0.0923. The van der Waals surface area contributed by atoms with Crippen LogP contribution in [0.1, 0.15) is 15.9 Å². The lowest BCUT2D eigenvalue weighted by Crippen LogP contribution is -2.13. The zero-order chi connectivity index (χ0) is 14.0. The first-order valence-corrected chi connectivity index (χ1v) is 8.45. The molecule has 0 aliphatic rings. The molecule has 0 bridgehead atoms. The molecule has 0 aromatic heterocycles. The Labute approximate surface area is 147 Å². The number of hydrogen-bond acceptors (Lipinski definition) is 1. The highest BCUT2D eigenvalue weighted by Gasteiger charge is 2.11. The van der Waals surface area contributed by atoms with Gasteiger partial charge in [-0.1, -0.05) is 22.0 Å². The predicted molar refractivity (Wildman–Crippen MR) is 98.7 cm³/mol. The normalized spacial score (nSPS) is 10.3. The Balaban J connectivity index is 2.25. The van der Waals surface area contributed by atoms with E-state index in [2.05, 4.69) is 66.4 Å². The summed E-state index contributed by atoms with van der Waals surface area (Å²) in [6, 6.07) is 11.6. The zero-order valence-corrected chi connectivity index (χ0v) is 15.9. The van der Waals surface area contributed by atoms with Gasteiger partial charge in [-0.25, -0.2) is 0 Å². The van der Waals surface area contributed by atoms with Crippen molar-refractivity contribution in [1.82, 2.24) is 0 Å². The quantitative estimate of drug-likeness (QED) is 0.519. The van der Waals surface area contributed by atoms with Crippen LogP contribution in [0.5, 0.6) is 0 Å². The Morgan fingerprint density at radius 3 is 2.53 bits per heavy atom. The Morgan fingerprint density at radius 2 is 1.84 bits per heavy atom. The summed E-state index contributed by atoms with van der Waals surface area (Å²) in [5.41, 5.74) is 2.69. The average molecular weight is 542 g/mol. The van der Waals surface area contributed by atoms with Gasteiger partial charge in [0.15, 0.2) is 0 Å². The second kappa shape index (κ2) is 6.53. The van der Waals surface area contributed by atoms with Crippen LogP contribution in [0, 0.1) is 14.1 Å². The Morgan fingerprint density at radius 1 is 1.11 bits per heavy atom. The standard InChI is InChI=1S/C14H10BrI2NO/c1-8-2-4-10(7-13(8)17)18-14(19)11-6-9(15)3-5-12(11)16/h2-7H,1H3,(H,18,19). The highest BCUT2D eigenvalue weighted by Crippen LogP contribution is 2.21. The number of benzene rings is 2. The van der Waals surface area contributed by atoms with Crippen molar-refractivity contribution < 1.29 is 4.79 Å². The van der Waals surface area contributed by atoms with Crippen molar-refractivity contribution in [2.75, 3.05) is 5.32 Å². The molecule has 1 N–H and O–H groups in total. The van der Waals surface area contributed by atoms with E-state index >= 15 is 0 Å². The number of anilines is 1. The van der Waals surface area contributed by atoms with Crippen LogP contribution in [-0.2, 0) is 0 Å². The average Bonchev–Trinajstić information content (AvgIpc) is 2.36. The number of carbonyl (C=O) groups is 1. The van der Waals surface area contributed by atoms with Gasteiger partial charge in [-0.3, -0.25) is 4.79 Å². The van der Waals surface area contributed by atoms with Crippen molar-refractivity contribution in [3.63, 3.8) is 0 Å². The maximum atomic E-state index is 12.2. The first kappa shape index (κ1) is 15.2. The molecule has 0 aliphatic heterocycles. The molecule has 0 atom stereocenters. The van der Waals surface area contributed by atoms with Crippen molar-refractivity contribution >= 4 is 72.7 Å². The van der Waals surface area contributed by atoms with E-state index in [9.17, 15) is 4.79 Å². The highest BCUT2D eigenvalue weighted by atomic mass is 127. The van der Waals surface area contributed by atoms with Gasteiger partial charge in [0.2, 0.25) is 0 Å². The fourth-order valence-corrected chi connectivity index (χ4v) is 3.00. The van der Waals surface area contributed by atoms with Crippen LogP contribution in [0.25, 0.3) is 0 Å². The molecule has 0 spiro atoms. The molecule has 2 nitrogen and oxygen atoms in total. The van der Waals surface area contributed by atoms with Gasteiger partial charge in [0, 0.05) is 17.3 Å². The maximum absolute atomic E-state index is 12.2. The molecule has 5 heteroatoms. The lowest BCUT2D eigenvalue weighted by Gasteiger charge is -2.08. The van der Waals surface area contributed by atoms with Crippen molar-refractivity contribution in [3.05, 3.63) is 59.1 Å². The predicted octanol–water partition coefficient (Wildman–Crippen LogP) is 5.22. The van der Waals surface area contributed by atoms with Crippen molar-refractivity contribution in [2.24, 2.45) is 0 Å². The van der Waals surface area contributed by atoms with E-state index in [0.29, 0.717) is 5.56 Å². The van der Waals surface area contributed by atoms with Crippen LogP contribution in [0.4, 0.5) is 5.69 Å². The third-order valence-corrected chi connectivity index (χ3v) is 5.20. The molecule has 0 saturated carbocycles. The summed E-state index contributed by atoms with van der Waals surface area (Å²) in [7, 11) is 0. The summed E-state index contributed by atoms with van der Waals surface area (Å²) in [6.07, 6.45) is 0. The van der Waals surface area contributed by atoms with Crippen LogP contribution >= 0.6 is 61.1 Å². The number of carbonyl (C=O) groups excluding carboxylic acids is 1. The largest absolute Gasteiger partial charge is 0.322 e. The number of aryl methyl sites for hydroxylation is 1. The lowest BCUT2D eigenvalue weighted by molar-refractivity contribution is 0.102. The van der Waals surface area contributed by atoms with Crippen LogP contribution < -0.4 is 5.32 Å². The summed E-state index contributed by atoms with van der Waals surface area (Å²) < 4.78 is 2.97. The zero-order valence-electron chi connectivity index (χ0n) is 10.0. The maximum Gasteiger partial charge on any atom is 0.256 e. The van der Waals surface area contributed by atoms with E-state index in [1.807, 2.05) is 43.3 Å². The Bertz CT molecular complexity index is 643. The topological polar surface area (TPSA) is 29.1 Å². The number of rotatable bonds is 2. The molecule has 2 rings (SSSR count). The van der Waals surface area contributed by atoms with Gasteiger partial charge in [-0.05, 0) is 88.0 Å². The fraction of sp³-hybridized carbons (Fsp3) is 0.0714. The molecular weight excluding hydrogens is 532 g/mol. The SMILES string of the molecule is Cc1ccc(NC(=O)c2cc(Br)ccc2I)cc1I. The van der Waals surface area contributed by atoms with E-state index in [4.69, 9.17) is 0 Å². The summed E-state index contributed by atoms with van der Waals surface area (Å²) in [5, 5.41) is 2.92. The number of nitrogens with one attached hydrogen (secondary N) is 1. The Kier molecular flexibility index (Phi) is 5.24. The van der Waals surface area contributed by atoms with E-state index in [0.717, 1.165) is 17.3 Å². The van der Waals surface area contributed by atoms with Crippen molar-refractivity contribution in [1.29, 1.82) is 0 Å². The summed E-state index contributed by atoms with van der Waals surface area (Å²) in [6.45, 7) is 2.05. The van der Waals surface area contributed by atoms with Gasteiger partial charge in [-0.2, -0.15) is 0 Å². The first-order chi connectivity index (χ1) is 8.97. The summed E-state index contributed by atoms with van der Waals surface area (Å²) >= 11 is 7.81. The molecule has 0 heterocycles. The van der Waals surface area contributed by atoms with E-state index < -0.39 is 0 Å². The first-order valence-electron chi connectivity index (χ1n) is 5.50. The lowest BCUT2D eigenvalue weighted by atomic mass is 10.2. The molecule has 0 radical (unpaired) electrons. The number of hydrogen-bond donors (Lipinski definition) is 1. The van der Waals surface area contributed by atoms with Crippen molar-refractivity contribution in [2.45, 2.75) is 6.92 Å². The monoisotopic (exact) mass is 541 g/mol. The van der Waals surface area contributed by atoms with Gasteiger partial charge >= 0.3 is 0 Å². The van der Waals surface area contributed by atoms with Crippen LogP contribution in [-0.4, -0.2) is 5.91 Å². The van der Waals surface area contributed by atoms with Gasteiger partial charge < -0.3 is 5.32 Å². The molecule has 0 saturated heterocycles. The molecule has 0 unspecified atom stereocenters. The summed E-state index contributed by atoms with van der Waals surface area (Å²) in [5.74, 6) is -0.0923. The highest BCUT2D eigenvalue weighted by molar-refractivity contribution is 14.1. The molecule has 0 aliphatic carbocycles. The fourth-order valence-electron chi connectivity index (χ4n) is 1.54. The molecule has 1 amide bonds. The number of amides is 1. The van der Waals surface area contributed by atoms with Crippen LogP contribution in [0.15, 0.2) is 40.9 Å². The third-order valence-electron chi connectivity index (χ3n) is 2.60. The molecule has 2 aromatic rings. The third kappa shape index (κ3) is 3.91. The second-order valence-electron chi connectivity index (χ2n) is 4.04. The van der Waals surface area contributed by atoms with E-state index in [1.165, 1.54) is 5.56 Å². The smallest absolute Gasteiger partial charge is 0.256 e. The van der Waals surface area contributed by atoms with E-state index in [1.54, 1.807) is 0 Å². The van der Waals surface area contributed by atoms with Crippen LogP contribution in [0.3, 0.4) is 0 Å². The Hall–Kier alpha value is -0.150. The molecule has 0 fully saturated rings. The van der Waals surface area contributed by atoms with E-state index in [-0.39, 0.29) is 5.91 Å². The van der Waals surface area contributed by atoms with Gasteiger partial charge in [-0.15, -0.1) is 0 Å². The van der Waals surface area contributed by atoms with Gasteiger partial charge in [0.1, 0.15) is 0 Å². The molecular formula is C14H10BrI2NO. The second-order valence-corrected chi connectivity index (χ2v) is 7.28. The number of halogens is 3. The molecule has 2 aromatic carbocycles. The molecule has 98 valence electrons. The minimum Gasteiger partial charge on any atom is -0.322 e. The van der Waals surface area contributed by atoms with Crippen molar-refractivity contribution in [3.8, 4) is 0 Å². The molecule has 19 heavy (non-hydrogen) atoms.